The van der Waals surface area contributed by atoms with Gasteiger partial charge in [0.15, 0.2) is 9.84 Å². The number of carbonyl (C=O) groups is 1. The van der Waals surface area contributed by atoms with Crippen LogP contribution in [0, 0.1) is 6.92 Å². The zero-order valence-electron chi connectivity index (χ0n) is 13.4. The van der Waals surface area contributed by atoms with E-state index in [1.165, 1.54) is 6.07 Å². The first-order chi connectivity index (χ1) is 10.8. The van der Waals surface area contributed by atoms with Crippen LogP contribution in [0.3, 0.4) is 0 Å². The van der Waals surface area contributed by atoms with E-state index in [0.29, 0.717) is 5.56 Å². The summed E-state index contributed by atoms with van der Waals surface area (Å²) in [6, 6.07) is 12.6. The molecule has 4 nitrogen and oxygen atoms in total. The first-order valence-electron chi connectivity index (χ1n) is 7.51. The van der Waals surface area contributed by atoms with E-state index in [0.717, 1.165) is 29.5 Å². The molecule has 0 radical (unpaired) electrons. The molecular formula is C18H19NO3S. The number of nitrogens with zero attached hydrogens (tertiary/aromatic N) is 1. The van der Waals surface area contributed by atoms with Gasteiger partial charge in [-0.15, -0.1) is 0 Å². The topological polar surface area (TPSA) is 54.5 Å². The maximum Gasteiger partial charge on any atom is 0.258 e. The zero-order chi connectivity index (χ0) is 16.8. The van der Waals surface area contributed by atoms with Crippen LogP contribution < -0.4 is 4.90 Å². The molecule has 1 aliphatic heterocycles. The van der Waals surface area contributed by atoms with Crippen LogP contribution >= 0.6 is 0 Å². The van der Waals surface area contributed by atoms with E-state index < -0.39 is 9.84 Å². The third kappa shape index (κ3) is 2.77. The Hall–Kier alpha value is -2.14. The van der Waals surface area contributed by atoms with Gasteiger partial charge in [-0.25, -0.2) is 8.42 Å². The Labute approximate surface area is 136 Å². The maximum absolute atomic E-state index is 13.1. The van der Waals surface area contributed by atoms with Crippen LogP contribution in [0.2, 0.25) is 0 Å². The quantitative estimate of drug-likeness (QED) is 0.851. The summed E-state index contributed by atoms with van der Waals surface area (Å²) in [5, 5.41) is 0. The summed E-state index contributed by atoms with van der Waals surface area (Å²) in [7, 11) is -3.34. The van der Waals surface area contributed by atoms with Crippen molar-refractivity contribution in [3.05, 3.63) is 59.2 Å². The summed E-state index contributed by atoms with van der Waals surface area (Å²) >= 11 is 0. The van der Waals surface area contributed by atoms with Gasteiger partial charge in [-0.1, -0.05) is 24.3 Å². The van der Waals surface area contributed by atoms with Crippen molar-refractivity contribution in [3.8, 4) is 0 Å². The summed E-state index contributed by atoms with van der Waals surface area (Å²) in [4.78, 5) is 15.0. The first kappa shape index (κ1) is 15.7. The molecule has 5 heteroatoms. The summed E-state index contributed by atoms with van der Waals surface area (Å²) in [5.74, 6) is -0.148. The summed E-state index contributed by atoms with van der Waals surface area (Å²) in [6.07, 6.45) is 1.96. The molecule has 2 aromatic carbocycles. The highest BCUT2D eigenvalue weighted by atomic mass is 32.2. The molecule has 23 heavy (non-hydrogen) atoms. The third-order valence-electron chi connectivity index (χ3n) is 4.29. The summed E-state index contributed by atoms with van der Waals surface area (Å²) in [6.45, 7) is 3.83. The average molecular weight is 329 g/mol. The average Bonchev–Trinajstić information content (AvgIpc) is 2.81. The van der Waals surface area contributed by atoms with Gasteiger partial charge in [0.2, 0.25) is 0 Å². The lowest BCUT2D eigenvalue weighted by molar-refractivity contribution is 0.0980. The Morgan fingerprint density at radius 1 is 1.17 bits per heavy atom. The van der Waals surface area contributed by atoms with Crippen molar-refractivity contribution in [3.63, 3.8) is 0 Å². The van der Waals surface area contributed by atoms with Gasteiger partial charge in [0.05, 0.1) is 4.90 Å². The van der Waals surface area contributed by atoms with Gasteiger partial charge in [0.1, 0.15) is 0 Å². The Morgan fingerprint density at radius 2 is 1.87 bits per heavy atom. The van der Waals surface area contributed by atoms with Crippen molar-refractivity contribution in [2.45, 2.75) is 31.2 Å². The molecule has 3 rings (SSSR count). The predicted molar refractivity (Wildman–Crippen MR) is 90.7 cm³/mol. The summed E-state index contributed by atoms with van der Waals surface area (Å²) < 4.78 is 23.6. The summed E-state index contributed by atoms with van der Waals surface area (Å²) in [5.41, 5.74) is 3.27. The number of sulfone groups is 1. The number of benzene rings is 2. The molecule has 120 valence electrons. The van der Waals surface area contributed by atoms with Gasteiger partial charge in [-0.2, -0.15) is 0 Å². The van der Waals surface area contributed by atoms with E-state index >= 15 is 0 Å². The lowest BCUT2D eigenvalue weighted by Crippen LogP contribution is -2.36. The van der Waals surface area contributed by atoms with Gasteiger partial charge in [0, 0.05) is 23.5 Å². The number of anilines is 1. The fourth-order valence-electron chi connectivity index (χ4n) is 3.07. The maximum atomic E-state index is 13.1. The SMILES string of the molecule is Cc1ccc(S(C)(=O)=O)cc1C(=O)N1c2ccccc2C[C@@H]1C. The fourth-order valence-corrected chi connectivity index (χ4v) is 3.71. The van der Waals surface area contributed by atoms with E-state index in [4.69, 9.17) is 0 Å². The van der Waals surface area contributed by atoms with Gasteiger partial charge >= 0.3 is 0 Å². The molecular weight excluding hydrogens is 310 g/mol. The molecule has 0 saturated carbocycles. The number of hydrogen-bond donors (Lipinski definition) is 0. The fraction of sp³-hybridized carbons (Fsp3) is 0.278. The normalized spacial score (nSPS) is 17.2. The predicted octanol–water partition coefficient (Wildman–Crippen LogP) is 2.99. The Kier molecular flexibility index (Phi) is 3.76. The highest BCUT2D eigenvalue weighted by Crippen LogP contribution is 2.33. The van der Waals surface area contributed by atoms with Crippen molar-refractivity contribution in [1.82, 2.24) is 0 Å². The lowest BCUT2D eigenvalue weighted by Gasteiger charge is -2.24. The Bertz CT molecular complexity index is 887. The molecule has 0 bridgehead atoms. The molecule has 0 N–H and O–H groups in total. The first-order valence-corrected chi connectivity index (χ1v) is 9.40. The van der Waals surface area contributed by atoms with E-state index in [2.05, 4.69) is 0 Å². The van der Waals surface area contributed by atoms with Crippen LogP contribution in [0.1, 0.15) is 28.4 Å². The van der Waals surface area contributed by atoms with Crippen LogP contribution in [0.25, 0.3) is 0 Å². The van der Waals surface area contributed by atoms with Crippen LogP contribution in [-0.4, -0.2) is 26.6 Å². The van der Waals surface area contributed by atoms with Gasteiger partial charge in [0.25, 0.3) is 5.91 Å². The van der Waals surface area contributed by atoms with Gasteiger partial charge in [-0.3, -0.25) is 4.79 Å². The molecule has 0 fully saturated rings. The largest absolute Gasteiger partial charge is 0.305 e. The number of amides is 1. The van der Waals surface area contributed by atoms with Crippen LogP contribution in [0.5, 0.6) is 0 Å². The second kappa shape index (κ2) is 5.49. The van der Waals surface area contributed by atoms with E-state index in [9.17, 15) is 13.2 Å². The standard InChI is InChI=1S/C18H19NO3S/c1-12-8-9-15(23(3,21)22)11-16(12)18(20)19-13(2)10-14-6-4-5-7-17(14)19/h4-9,11,13H,10H2,1-3H3/t13-/m0/s1. The lowest BCUT2D eigenvalue weighted by atomic mass is 10.1. The van der Waals surface area contributed by atoms with Crippen molar-refractivity contribution in [2.24, 2.45) is 0 Å². The highest BCUT2D eigenvalue weighted by molar-refractivity contribution is 7.90. The monoisotopic (exact) mass is 329 g/mol. The number of carbonyl (C=O) groups excluding carboxylic acids is 1. The highest BCUT2D eigenvalue weighted by Gasteiger charge is 2.32. The van der Waals surface area contributed by atoms with Crippen molar-refractivity contribution < 1.29 is 13.2 Å². The molecule has 1 aliphatic rings. The number of para-hydroxylation sites is 1. The minimum atomic E-state index is -3.34. The van der Waals surface area contributed by atoms with Crippen LogP contribution in [0.4, 0.5) is 5.69 Å². The molecule has 1 atom stereocenters. The zero-order valence-corrected chi connectivity index (χ0v) is 14.2. The molecule has 0 saturated heterocycles. The number of hydrogen-bond acceptors (Lipinski definition) is 3. The van der Waals surface area contributed by atoms with E-state index in [1.807, 2.05) is 38.1 Å². The van der Waals surface area contributed by atoms with Gasteiger partial charge in [-0.05, 0) is 49.6 Å². The van der Waals surface area contributed by atoms with Crippen LogP contribution in [0.15, 0.2) is 47.4 Å². The third-order valence-corrected chi connectivity index (χ3v) is 5.40. The van der Waals surface area contributed by atoms with Crippen molar-refractivity contribution in [2.75, 3.05) is 11.2 Å². The van der Waals surface area contributed by atoms with Crippen molar-refractivity contribution >= 4 is 21.4 Å². The van der Waals surface area contributed by atoms with E-state index in [-0.39, 0.29) is 16.8 Å². The minimum absolute atomic E-state index is 0.0567. The van der Waals surface area contributed by atoms with Gasteiger partial charge < -0.3 is 4.90 Å². The Morgan fingerprint density at radius 3 is 2.57 bits per heavy atom. The number of aryl methyl sites for hydroxylation is 1. The Balaban J connectivity index is 2.08. The van der Waals surface area contributed by atoms with Crippen LogP contribution in [-0.2, 0) is 16.3 Å². The molecule has 1 heterocycles. The molecule has 0 unspecified atom stereocenters. The molecule has 0 aliphatic carbocycles. The molecule has 0 spiro atoms. The van der Waals surface area contributed by atoms with E-state index in [1.54, 1.807) is 17.0 Å². The smallest absolute Gasteiger partial charge is 0.258 e. The molecule has 0 aromatic heterocycles. The number of fused-ring (bicyclic) bond motifs is 1. The number of rotatable bonds is 2. The molecule has 2 aromatic rings. The molecule has 1 amide bonds. The second-order valence-electron chi connectivity index (χ2n) is 6.11. The van der Waals surface area contributed by atoms with Crippen molar-refractivity contribution in [1.29, 1.82) is 0 Å². The second-order valence-corrected chi connectivity index (χ2v) is 8.12. The minimum Gasteiger partial charge on any atom is -0.305 e.